The molecule has 1 aliphatic carbocycles. The number of nitrogens with one attached hydrogen (secondary N) is 3. The van der Waals surface area contributed by atoms with Gasteiger partial charge in [0.2, 0.25) is 21.8 Å². The molecule has 1 aliphatic heterocycles. The van der Waals surface area contributed by atoms with Crippen LogP contribution in [0.25, 0.3) is 10.9 Å². The van der Waals surface area contributed by atoms with Gasteiger partial charge in [0, 0.05) is 17.9 Å². The van der Waals surface area contributed by atoms with E-state index in [9.17, 15) is 40.8 Å². The van der Waals surface area contributed by atoms with E-state index in [0.29, 0.717) is 18.9 Å². The highest BCUT2D eigenvalue weighted by atomic mass is 35.5. The number of benzene rings is 1. The Morgan fingerprint density at radius 2 is 1.74 bits per heavy atom. The van der Waals surface area contributed by atoms with Crippen LogP contribution < -0.4 is 20.1 Å². The number of carbonyl (C=O) groups is 4. The van der Waals surface area contributed by atoms with E-state index in [4.69, 9.17) is 21.1 Å². The number of para-hydroxylation sites is 1. The van der Waals surface area contributed by atoms with Gasteiger partial charge in [0.15, 0.2) is 0 Å². The van der Waals surface area contributed by atoms with Crippen molar-refractivity contribution in [3.05, 3.63) is 47.6 Å². The van der Waals surface area contributed by atoms with Crippen LogP contribution in [0, 0.1) is 5.41 Å². The summed E-state index contributed by atoms with van der Waals surface area (Å²) in [5.74, 6) is -2.93. The van der Waals surface area contributed by atoms with E-state index in [0.717, 1.165) is 4.90 Å². The summed E-state index contributed by atoms with van der Waals surface area (Å²) >= 11 is 6.22. The van der Waals surface area contributed by atoms with Crippen molar-refractivity contribution in [2.75, 3.05) is 6.54 Å². The lowest BCUT2D eigenvalue weighted by atomic mass is 9.85. The molecule has 1 aromatic heterocycles. The Balaban J connectivity index is 1.73. The van der Waals surface area contributed by atoms with Gasteiger partial charge in [-0.05, 0) is 64.5 Å². The second-order valence-electron chi connectivity index (χ2n) is 15.6. The summed E-state index contributed by atoms with van der Waals surface area (Å²) in [4.78, 5) is 59.7. The van der Waals surface area contributed by atoms with Crippen LogP contribution in [0.15, 0.2) is 36.9 Å². The Bertz CT molecular complexity index is 1890. The Morgan fingerprint density at radius 1 is 1.09 bits per heavy atom. The zero-order chi connectivity index (χ0) is 39.9. The summed E-state index contributed by atoms with van der Waals surface area (Å²) in [6.45, 7) is 14.5. The maximum atomic E-state index is 14.4. The van der Waals surface area contributed by atoms with Crippen LogP contribution in [-0.2, 0) is 35.3 Å². The number of hydrogen-bond acceptors (Lipinski definition) is 9. The highest BCUT2D eigenvalue weighted by Gasteiger charge is 2.49. The fourth-order valence-corrected chi connectivity index (χ4v) is 7.39. The van der Waals surface area contributed by atoms with E-state index in [2.05, 4.69) is 22.2 Å². The standard InChI is InChI=1S/C35H45ClF3N5O8S/c1-9-15-34(8,30(47)43-53(49,50)20-13-14-20)42-28(45)23-16-19(18-44(23)29(46)27(32(2,3)4)41-31(48)52-33(5,6)7)51-24-17-25(35(37,38)39)40-26-21(24)11-10-12-22(26)36/h9-12,17,19-20,23,27H,1,13-16,18H2,2-8H3,(H,41,48)(H,42,45)(H,43,47)/t19-,23+,27-,34+/m1/s1. The quantitative estimate of drug-likeness (QED) is 0.257. The lowest BCUT2D eigenvalue weighted by Gasteiger charge is -2.36. The molecule has 1 aromatic carbocycles. The molecule has 53 heavy (non-hydrogen) atoms. The Morgan fingerprint density at radius 3 is 2.28 bits per heavy atom. The van der Waals surface area contributed by atoms with Crippen LogP contribution >= 0.6 is 11.6 Å². The third-order valence-electron chi connectivity index (χ3n) is 8.61. The first-order valence-corrected chi connectivity index (χ1v) is 18.8. The van der Waals surface area contributed by atoms with Gasteiger partial charge in [-0.15, -0.1) is 6.58 Å². The summed E-state index contributed by atoms with van der Waals surface area (Å²) in [5, 5.41) is 4.50. The number of sulfonamides is 1. The van der Waals surface area contributed by atoms with Gasteiger partial charge < -0.3 is 25.0 Å². The van der Waals surface area contributed by atoms with E-state index in [1.54, 1.807) is 41.5 Å². The van der Waals surface area contributed by atoms with Gasteiger partial charge >= 0.3 is 12.3 Å². The number of hydrogen-bond donors (Lipinski definition) is 3. The number of carbonyl (C=O) groups excluding carboxylic acids is 4. The van der Waals surface area contributed by atoms with Crippen LogP contribution in [0.1, 0.15) is 79.8 Å². The summed E-state index contributed by atoms with van der Waals surface area (Å²) in [7, 11) is -4.01. The van der Waals surface area contributed by atoms with E-state index >= 15 is 0 Å². The number of rotatable bonds is 11. The number of halogens is 4. The van der Waals surface area contributed by atoms with Gasteiger partial charge in [0.05, 0.1) is 22.3 Å². The number of pyridine rings is 1. The molecule has 2 aromatic rings. The minimum absolute atomic E-state index is 0.0661. The number of aromatic nitrogens is 1. The van der Waals surface area contributed by atoms with Crippen LogP contribution in [-0.4, -0.2) is 83.2 Å². The van der Waals surface area contributed by atoms with Crippen molar-refractivity contribution in [1.29, 1.82) is 0 Å². The largest absolute Gasteiger partial charge is 0.488 e. The van der Waals surface area contributed by atoms with Crippen molar-refractivity contribution in [2.45, 2.75) is 115 Å². The highest BCUT2D eigenvalue weighted by Crippen LogP contribution is 2.38. The molecule has 0 spiro atoms. The summed E-state index contributed by atoms with van der Waals surface area (Å²) in [6, 6.07) is 2.34. The predicted molar refractivity (Wildman–Crippen MR) is 190 cm³/mol. The van der Waals surface area contributed by atoms with Gasteiger partial charge in [-0.3, -0.25) is 19.1 Å². The molecule has 4 amide bonds. The smallest absolute Gasteiger partial charge is 0.433 e. The Kier molecular flexibility index (Phi) is 11.7. The van der Waals surface area contributed by atoms with Gasteiger partial charge in [-0.25, -0.2) is 18.2 Å². The van der Waals surface area contributed by atoms with Gasteiger partial charge in [-0.1, -0.05) is 44.5 Å². The molecule has 3 N–H and O–H groups in total. The van der Waals surface area contributed by atoms with Crippen LogP contribution in [0.5, 0.6) is 5.75 Å². The van der Waals surface area contributed by atoms with Crippen LogP contribution in [0.3, 0.4) is 0 Å². The van der Waals surface area contributed by atoms with Crippen LogP contribution in [0.2, 0.25) is 5.02 Å². The van der Waals surface area contributed by atoms with Gasteiger partial charge in [0.25, 0.3) is 5.91 Å². The average molecular weight is 788 g/mol. The molecule has 2 fully saturated rings. The number of likely N-dealkylation sites (tertiary alicyclic amines) is 1. The molecule has 0 unspecified atom stereocenters. The SMILES string of the molecule is C=CC[C@](C)(NC(=O)[C@@H]1C[C@@H](Oc2cc(C(F)(F)F)nc3c(Cl)cccc23)CN1C(=O)[C@@H](NC(=O)OC(C)(C)C)C(C)(C)C)C(=O)NS(=O)(=O)C1CC1. The number of nitrogens with zero attached hydrogens (tertiary/aromatic N) is 2. The molecule has 1 saturated heterocycles. The predicted octanol–water partition coefficient (Wildman–Crippen LogP) is 5.25. The molecule has 292 valence electrons. The maximum Gasteiger partial charge on any atom is 0.433 e. The van der Waals surface area contributed by atoms with E-state index in [1.807, 2.05) is 4.72 Å². The number of alkyl halides is 3. The van der Waals surface area contributed by atoms with Gasteiger partial charge in [0.1, 0.15) is 40.8 Å². The molecular weight excluding hydrogens is 743 g/mol. The van der Waals surface area contributed by atoms with Crippen molar-refractivity contribution in [1.82, 2.24) is 25.2 Å². The normalized spacial score (nSPS) is 19.9. The molecule has 18 heteroatoms. The molecule has 13 nitrogen and oxygen atoms in total. The Hall–Kier alpha value is -4.12. The van der Waals surface area contributed by atoms with Crippen molar-refractivity contribution < 1.29 is 50.2 Å². The minimum atomic E-state index is -4.87. The second kappa shape index (κ2) is 15.0. The molecule has 4 rings (SSSR count). The number of fused-ring (bicyclic) bond motifs is 1. The highest BCUT2D eigenvalue weighted by molar-refractivity contribution is 7.91. The fraction of sp³-hybridized carbons (Fsp3) is 0.571. The lowest BCUT2D eigenvalue weighted by molar-refractivity contribution is -0.143. The van der Waals surface area contributed by atoms with E-state index in [-0.39, 0.29) is 41.1 Å². The molecular formula is C35H45ClF3N5O8S. The first-order valence-electron chi connectivity index (χ1n) is 16.9. The van der Waals surface area contributed by atoms with E-state index in [1.165, 1.54) is 31.2 Å². The lowest BCUT2D eigenvalue weighted by Crippen LogP contribution is -2.62. The molecule has 0 bridgehead atoms. The van der Waals surface area contributed by atoms with Crippen molar-refractivity contribution in [3.63, 3.8) is 0 Å². The van der Waals surface area contributed by atoms with Gasteiger partial charge in [-0.2, -0.15) is 13.2 Å². The third kappa shape index (κ3) is 10.1. The average Bonchev–Trinajstić information content (AvgIpc) is 3.79. The monoisotopic (exact) mass is 787 g/mol. The zero-order valence-electron chi connectivity index (χ0n) is 30.5. The third-order valence-corrected chi connectivity index (χ3v) is 10.7. The Labute approximate surface area is 311 Å². The van der Waals surface area contributed by atoms with Crippen LogP contribution in [0.4, 0.5) is 18.0 Å². The molecule has 4 atom stereocenters. The second-order valence-corrected chi connectivity index (χ2v) is 17.9. The molecule has 1 saturated carbocycles. The summed E-state index contributed by atoms with van der Waals surface area (Å²) in [5.41, 5.74) is -5.19. The molecule has 2 heterocycles. The zero-order valence-corrected chi connectivity index (χ0v) is 32.1. The number of amides is 4. The van der Waals surface area contributed by atoms with Crippen molar-refractivity contribution >= 4 is 56.3 Å². The first kappa shape index (κ1) is 41.6. The summed E-state index contributed by atoms with van der Waals surface area (Å²) < 4.78 is 80.6. The topological polar surface area (TPSA) is 173 Å². The number of ether oxygens (including phenoxy) is 2. The fourth-order valence-electron chi connectivity index (χ4n) is 5.77. The molecule has 2 aliphatic rings. The first-order chi connectivity index (χ1) is 24.3. The van der Waals surface area contributed by atoms with Crippen molar-refractivity contribution in [3.8, 4) is 5.75 Å². The van der Waals surface area contributed by atoms with Crippen molar-refractivity contribution in [2.24, 2.45) is 5.41 Å². The molecule has 0 radical (unpaired) electrons. The van der Waals surface area contributed by atoms with E-state index < -0.39 is 85.7 Å². The number of alkyl carbamates (subject to hydrolysis) is 1. The minimum Gasteiger partial charge on any atom is -0.488 e. The summed E-state index contributed by atoms with van der Waals surface area (Å²) in [6.07, 6.45) is -5.30. The maximum absolute atomic E-state index is 14.4.